The first-order valence-corrected chi connectivity index (χ1v) is 13.7. The summed E-state index contributed by atoms with van der Waals surface area (Å²) in [6.07, 6.45) is 0. The summed E-state index contributed by atoms with van der Waals surface area (Å²) >= 11 is 0. The van der Waals surface area contributed by atoms with Crippen molar-refractivity contribution >= 4 is 34.7 Å². The first kappa shape index (κ1) is 28.7. The molecule has 0 bridgehead atoms. The van der Waals surface area contributed by atoms with Crippen molar-refractivity contribution in [2.45, 2.75) is 46.1 Å². The number of carbonyl (C=O) groups is 3. The number of ether oxygens (including phenoxy) is 2. The number of nitrogen functional groups attached to an aromatic ring is 1. The smallest absolute Gasteiger partial charge is 0.320 e. The maximum Gasteiger partial charge on any atom is 0.320 e. The largest absolute Gasteiger partial charge is 0.460 e. The Hall–Kier alpha value is -4.83. The van der Waals surface area contributed by atoms with Gasteiger partial charge in [0, 0.05) is 18.5 Å². The molecule has 0 fully saturated rings. The van der Waals surface area contributed by atoms with Crippen LogP contribution in [0, 0.1) is 0 Å². The van der Waals surface area contributed by atoms with Crippen LogP contribution in [0.2, 0.25) is 0 Å². The Morgan fingerprint density at radius 1 is 0.905 bits per heavy atom. The second-order valence-electron chi connectivity index (χ2n) is 11.1. The van der Waals surface area contributed by atoms with Gasteiger partial charge >= 0.3 is 11.9 Å². The Balaban J connectivity index is 1.32. The zero-order chi connectivity index (χ0) is 29.9. The number of nitrogens with one attached hydrogen (secondary N) is 1. The van der Waals surface area contributed by atoms with Gasteiger partial charge in [0.2, 0.25) is 5.95 Å². The van der Waals surface area contributed by atoms with Crippen molar-refractivity contribution < 1.29 is 23.9 Å². The van der Waals surface area contributed by atoms with Gasteiger partial charge in [-0.15, -0.1) is 0 Å². The molecule has 0 atom stereocenters. The van der Waals surface area contributed by atoms with E-state index in [1.807, 2.05) is 66.7 Å². The van der Waals surface area contributed by atoms with Gasteiger partial charge in [-0.1, -0.05) is 54.6 Å². The van der Waals surface area contributed by atoms with Gasteiger partial charge < -0.3 is 20.1 Å². The molecule has 0 unspecified atom stereocenters. The molecule has 2 heterocycles. The van der Waals surface area contributed by atoms with Crippen LogP contribution in [0.4, 0.5) is 5.95 Å². The van der Waals surface area contributed by atoms with Gasteiger partial charge in [-0.25, -0.2) is 9.97 Å². The Labute approximate surface area is 243 Å². The Kier molecular flexibility index (Phi) is 8.17. The number of amides is 1. The molecule has 5 rings (SSSR count). The zero-order valence-corrected chi connectivity index (χ0v) is 23.8. The molecule has 1 aromatic heterocycles. The molecule has 10 nitrogen and oxygen atoms in total. The van der Waals surface area contributed by atoms with E-state index in [2.05, 4.69) is 15.3 Å². The van der Waals surface area contributed by atoms with Crippen LogP contribution in [0.15, 0.2) is 66.7 Å². The van der Waals surface area contributed by atoms with Crippen LogP contribution in [0.1, 0.15) is 48.0 Å². The standard InChI is InChI=1S/C32H33N5O5/c1-32(2,3)42-28(39)16-34-15-27(38)41-19-23-10-6-7-11-24(23)20-12-13-26-25(14-20)29(36-31(33)35-26)30(40)37-17-21-8-4-5-9-22(21)18-37/h4-14,34H,15-19H2,1-3H3,(H2,33,35,36). The summed E-state index contributed by atoms with van der Waals surface area (Å²) < 4.78 is 10.7. The SMILES string of the molecule is CC(C)(C)OC(=O)CNCC(=O)OCc1ccccc1-c1ccc2nc(N)nc(C(=O)N3Cc4ccccc4C3)c2c1. The average molecular weight is 568 g/mol. The lowest BCUT2D eigenvalue weighted by atomic mass is 9.98. The molecule has 1 amide bonds. The van der Waals surface area contributed by atoms with Crippen molar-refractivity contribution in [1.29, 1.82) is 0 Å². The van der Waals surface area contributed by atoms with Crippen molar-refractivity contribution in [2.75, 3.05) is 18.8 Å². The summed E-state index contributed by atoms with van der Waals surface area (Å²) in [7, 11) is 0. The predicted molar refractivity (Wildman–Crippen MR) is 158 cm³/mol. The molecule has 10 heteroatoms. The number of fused-ring (bicyclic) bond motifs is 2. The number of carbonyl (C=O) groups excluding carboxylic acids is 3. The quantitative estimate of drug-likeness (QED) is 0.303. The van der Waals surface area contributed by atoms with E-state index in [4.69, 9.17) is 15.2 Å². The van der Waals surface area contributed by atoms with Gasteiger partial charge in [-0.2, -0.15) is 0 Å². The monoisotopic (exact) mass is 567 g/mol. The summed E-state index contributed by atoms with van der Waals surface area (Å²) in [6.45, 7) is 6.12. The molecule has 0 aliphatic carbocycles. The maximum absolute atomic E-state index is 13.7. The van der Waals surface area contributed by atoms with E-state index in [0.717, 1.165) is 27.8 Å². The molecule has 1 aliphatic heterocycles. The fraction of sp³-hybridized carbons (Fsp3) is 0.281. The average Bonchev–Trinajstić information content (AvgIpc) is 3.39. The fourth-order valence-electron chi connectivity index (χ4n) is 4.88. The van der Waals surface area contributed by atoms with Gasteiger partial charge in [0.15, 0.2) is 0 Å². The molecule has 0 spiro atoms. The summed E-state index contributed by atoms with van der Waals surface area (Å²) in [5.74, 6) is -1.14. The summed E-state index contributed by atoms with van der Waals surface area (Å²) in [6, 6.07) is 21.1. The predicted octanol–water partition coefficient (Wildman–Crippen LogP) is 4.01. The molecule has 0 saturated carbocycles. The molecule has 0 radical (unpaired) electrons. The minimum Gasteiger partial charge on any atom is -0.460 e. The Morgan fingerprint density at radius 2 is 1.57 bits per heavy atom. The van der Waals surface area contributed by atoms with Crippen LogP contribution in [0.3, 0.4) is 0 Å². The first-order chi connectivity index (χ1) is 20.1. The lowest BCUT2D eigenvalue weighted by Crippen LogP contribution is -2.34. The van der Waals surface area contributed by atoms with E-state index in [0.29, 0.717) is 24.0 Å². The van der Waals surface area contributed by atoms with Crippen LogP contribution in [0.25, 0.3) is 22.0 Å². The van der Waals surface area contributed by atoms with Crippen LogP contribution in [0.5, 0.6) is 0 Å². The van der Waals surface area contributed by atoms with E-state index >= 15 is 0 Å². The molecular weight excluding hydrogens is 534 g/mol. The number of aromatic nitrogens is 2. The highest BCUT2D eigenvalue weighted by Gasteiger charge is 2.27. The normalized spacial score (nSPS) is 12.7. The van der Waals surface area contributed by atoms with Gasteiger partial charge in [0.25, 0.3) is 5.91 Å². The van der Waals surface area contributed by atoms with Gasteiger partial charge in [0.05, 0.1) is 18.6 Å². The van der Waals surface area contributed by atoms with E-state index in [-0.39, 0.29) is 37.2 Å². The molecular formula is C32H33N5O5. The van der Waals surface area contributed by atoms with E-state index in [1.54, 1.807) is 25.7 Å². The number of hydrogen-bond acceptors (Lipinski definition) is 9. The van der Waals surface area contributed by atoms with Crippen molar-refractivity contribution in [3.63, 3.8) is 0 Å². The van der Waals surface area contributed by atoms with Crippen LogP contribution >= 0.6 is 0 Å². The van der Waals surface area contributed by atoms with Gasteiger partial charge in [0.1, 0.15) is 17.9 Å². The van der Waals surface area contributed by atoms with Gasteiger partial charge in [-0.05, 0) is 60.7 Å². The molecule has 42 heavy (non-hydrogen) atoms. The second kappa shape index (κ2) is 12.0. The summed E-state index contributed by atoms with van der Waals surface area (Å²) in [4.78, 5) is 48.3. The van der Waals surface area contributed by atoms with Gasteiger partial charge in [-0.3, -0.25) is 19.7 Å². The fourth-order valence-corrected chi connectivity index (χ4v) is 4.88. The highest BCUT2D eigenvalue weighted by Crippen LogP contribution is 2.31. The summed E-state index contributed by atoms with van der Waals surface area (Å²) in [5, 5.41) is 3.34. The third-order valence-corrected chi connectivity index (χ3v) is 6.72. The third kappa shape index (κ3) is 6.72. The Bertz CT molecular complexity index is 1640. The number of esters is 2. The zero-order valence-electron chi connectivity index (χ0n) is 23.8. The van der Waals surface area contributed by atoms with E-state index in [1.165, 1.54) is 0 Å². The Morgan fingerprint density at radius 3 is 2.29 bits per heavy atom. The van der Waals surface area contributed by atoms with E-state index < -0.39 is 17.5 Å². The highest BCUT2D eigenvalue weighted by molar-refractivity contribution is 6.06. The molecule has 3 N–H and O–H groups in total. The summed E-state index contributed by atoms with van der Waals surface area (Å²) in [5.41, 5.74) is 10.8. The lowest BCUT2D eigenvalue weighted by Gasteiger charge is -2.19. The van der Waals surface area contributed by atoms with E-state index in [9.17, 15) is 14.4 Å². The first-order valence-electron chi connectivity index (χ1n) is 13.7. The number of nitrogens with two attached hydrogens (primary N) is 1. The van der Waals surface area contributed by atoms with Crippen LogP contribution in [-0.2, 0) is 38.8 Å². The molecule has 0 saturated heterocycles. The van der Waals surface area contributed by atoms with Crippen molar-refractivity contribution in [2.24, 2.45) is 0 Å². The van der Waals surface area contributed by atoms with Crippen LogP contribution < -0.4 is 11.1 Å². The molecule has 1 aliphatic rings. The molecule has 4 aromatic rings. The number of rotatable bonds is 8. The van der Waals surface area contributed by atoms with Crippen molar-refractivity contribution in [3.05, 3.63) is 89.1 Å². The van der Waals surface area contributed by atoms with Crippen LogP contribution in [-0.4, -0.2) is 51.4 Å². The topological polar surface area (TPSA) is 137 Å². The molecule has 216 valence electrons. The number of nitrogens with zero attached hydrogens (tertiary/aromatic N) is 3. The maximum atomic E-state index is 13.7. The molecule has 3 aromatic carbocycles. The second-order valence-corrected chi connectivity index (χ2v) is 11.1. The van der Waals surface area contributed by atoms with Crippen molar-refractivity contribution in [3.8, 4) is 11.1 Å². The number of benzene rings is 3. The minimum atomic E-state index is -0.599. The third-order valence-electron chi connectivity index (χ3n) is 6.72. The number of anilines is 1. The lowest BCUT2D eigenvalue weighted by molar-refractivity contribution is -0.153. The number of hydrogen-bond donors (Lipinski definition) is 2. The highest BCUT2D eigenvalue weighted by atomic mass is 16.6. The minimum absolute atomic E-state index is 0.0250. The van der Waals surface area contributed by atoms with Crippen molar-refractivity contribution in [1.82, 2.24) is 20.2 Å².